The lowest BCUT2D eigenvalue weighted by Crippen LogP contribution is -2.35. The molecule has 0 unspecified atom stereocenters. The fourth-order valence-electron chi connectivity index (χ4n) is 3.84. The Labute approximate surface area is 203 Å². The molecule has 0 spiro atoms. The molecule has 4 nitrogen and oxygen atoms in total. The summed E-state index contributed by atoms with van der Waals surface area (Å²) < 4.78 is 38.4. The molecule has 0 fully saturated rings. The van der Waals surface area contributed by atoms with Gasteiger partial charge in [0.1, 0.15) is 0 Å². The number of hydrogen-bond acceptors (Lipinski definition) is 2. The number of hydrogen-bond donors (Lipinski definition) is 1. The summed E-state index contributed by atoms with van der Waals surface area (Å²) >= 11 is 0. The Balaban J connectivity index is 1.63. The van der Waals surface area contributed by atoms with Gasteiger partial charge in [-0.1, -0.05) is 74.0 Å². The fourth-order valence-corrected chi connectivity index (χ4v) is 3.84. The zero-order chi connectivity index (χ0) is 25.4. The van der Waals surface area contributed by atoms with E-state index in [2.05, 4.69) is 31.2 Å². The Morgan fingerprint density at radius 2 is 1.06 bits per heavy atom. The van der Waals surface area contributed by atoms with Crippen LogP contribution in [0.4, 0.5) is 13.2 Å². The summed E-state index contributed by atoms with van der Waals surface area (Å²) in [4.78, 5) is 24.6. The lowest BCUT2D eigenvalue weighted by Gasteiger charge is -2.21. The standard InChI is InChI=1S/C28H28F3NO3/c1-2-3-20-4-6-21(7-5-20)8-9-22-10-12-23(13-11-22)18-32(26(33)27(34)35)19-24-14-16-25(17-15-24)28(29,30)31/h4-7,10-17H,2-3,8-9,18-19H2,1H3,(H,34,35). The van der Waals surface area contributed by atoms with Crippen molar-refractivity contribution in [2.75, 3.05) is 0 Å². The maximum Gasteiger partial charge on any atom is 0.416 e. The average Bonchev–Trinajstić information content (AvgIpc) is 2.83. The first-order chi connectivity index (χ1) is 16.7. The highest BCUT2D eigenvalue weighted by molar-refractivity contribution is 6.31. The van der Waals surface area contributed by atoms with Crippen LogP contribution in [0.1, 0.15) is 46.7 Å². The summed E-state index contributed by atoms with van der Waals surface area (Å²) in [6.07, 6.45) is -0.539. The van der Waals surface area contributed by atoms with Crippen molar-refractivity contribution in [1.29, 1.82) is 0 Å². The SMILES string of the molecule is CCCc1ccc(CCc2ccc(CN(Cc3ccc(C(F)(F)F)cc3)C(=O)C(=O)O)cc2)cc1. The number of alkyl halides is 3. The summed E-state index contributed by atoms with van der Waals surface area (Å²) in [6.45, 7) is 2.08. The molecule has 0 aromatic heterocycles. The van der Waals surface area contributed by atoms with Crippen LogP contribution in [0.5, 0.6) is 0 Å². The van der Waals surface area contributed by atoms with Crippen molar-refractivity contribution in [2.45, 2.75) is 51.9 Å². The van der Waals surface area contributed by atoms with Gasteiger partial charge in [-0.05, 0) is 59.2 Å². The van der Waals surface area contributed by atoms with Crippen molar-refractivity contribution in [3.8, 4) is 0 Å². The number of halogens is 3. The van der Waals surface area contributed by atoms with Gasteiger partial charge in [0.2, 0.25) is 0 Å². The average molecular weight is 484 g/mol. The van der Waals surface area contributed by atoms with E-state index in [0.717, 1.165) is 53.8 Å². The first-order valence-corrected chi connectivity index (χ1v) is 11.5. The van der Waals surface area contributed by atoms with E-state index in [0.29, 0.717) is 5.56 Å². The van der Waals surface area contributed by atoms with Crippen LogP contribution in [0, 0.1) is 0 Å². The van der Waals surface area contributed by atoms with Gasteiger partial charge >= 0.3 is 18.1 Å². The molecule has 35 heavy (non-hydrogen) atoms. The zero-order valence-electron chi connectivity index (χ0n) is 19.5. The molecule has 7 heteroatoms. The van der Waals surface area contributed by atoms with Gasteiger partial charge in [-0.2, -0.15) is 13.2 Å². The lowest BCUT2D eigenvalue weighted by molar-refractivity contribution is -0.156. The van der Waals surface area contributed by atoms with Crippen LogP contribution in [0.15, 0.2) is 72.8 Å². The van der Waals surface area contributed by atoms with Crippen LogP contribution in [0.25, 0.3) is 0 Å². The monoisotopic (exact) mass is 483 g/mol. The van der Waals surface area contributed by atoms with Gasteiger partial charge < -0.3 is 10.0 Å². The maximum absolute atomic E-state index is 12.8. The van der Waals surface area contributed by atoms with Gasteiger partial charge in [0.15, 0.2) is 0 Å². The minimum absolute atomic E-state index is 0.0331. The fraction of sp³-hybridized carbons (Fsp3) is 0.286. The van der Waals surface area contributed by atoms with Crippen LogP contribution in [-0.4, -0.2) is 21.9 Å². The summed E-state index contributed by atoms with van der Waals surface area (Å²) in [5.74, 6) is -2.72. The Morgan fingerprint density at radius 1 is 0.686 bits per heavy atom. The molecule has 184 valence electrons. The highest BCUT2D eigenvalue weighted by Crippen LogP contribution is 2.29. The molecule has 0 aliphatic carbocycles. The van der Waals surface area contributed by atoms with Crippen LogP contribution in [0.3, 0.4) is 0 Å². The van der Waals surface area contributed by atoms with E-state index in [1.165, 1.54) is 23.3 Å². The van der Waals surface area contributed by atoms with Gasteiger partial charge in [0.25, 0.3) is 0 Å². The molecule has 0 aliphatic heterocycles. The van der Waals surface area contributed by atoms with Crippen molar-refractivity contribution in [2.24, 2.45) is 0 Å². The Kier molecular flexibility index (Phi) is 8.68. The smallest absolute Gasteiger partial charge is 0.416 e. The van der Waals surface area contributed by atoms with Gasteiger partial charge in [-0.3, -0.25) is 4.79 Å². The van der Waals surface area contributed by atoms with Gasteiger partial charge in [-0.15, -0.1) is 0 Å². The van der Waals surface area contributed by atoms with E-state index in [1.807, 2.05) is 24.3 Å². The van der Waals surface area contributed by atoms with Crippen LogP contribution < -0.4 is 0 Å². The van der Waals surface area contributed by atoms with E-state index in [1.54, 1.807) is 0 Å². The Morgan fingerprint density at radius 3 is 1.43 bits per heavy atom. The maximum atomic E-state index is 12.8. The third-order valence-corrected chi connectivity index (χ3v) is 5.79. The molecule has 0 heterocycles. The van der Waals surface area contributed by atoms with E-state index in [9.17, 15) is 27.9 Å². The molecule has 3 aromatic carbocycles. The van der Waals surface area contributed by atoms with Crippen LogP contribution in [0.2, 0.25) is 0 Å². The minimum Gasteiger partial charge on any atom is -0.474 e. The topological polar surface area (TPSA) is 57.6 Å². The van der Waals surface area contributed by atoms with Crippen LogP contribution >= 0.6 is 0 Å². The molecular formula is C28H28F3NO3. The lowest BCUT2D eigenvalue weighted by atomic mass is 10.0. The predicted octanol–water partition coefficient (Wildman–Crippen LogP) is 6.06. The summed E-state index contributed by atoms with van der Waals surface area (Å²) in [5, 5.41) is 9.19. The molecule has 0 bridgehead atoms. The third-order valence-electron chi connectivity index (χ3n) is 5.79. The summed E-state index contributed by atoms with van der Waals surface area (Å²) in [5.41, 5.74) is 4.05. The van der Waals surface area contributed by atoms with Crippen molar-refractivity contribution < 1.29 is 27.9 Å². The highest BCUT2D eigenvalue weighted by atomic mass is 19.4. The second-order valence-corrected chi connectivity index (χ2v) is 8.54. The Bertz CT molecular complexity index is 1120. The first kappa shape index (κ1) is 26.0. The largest absolute Gasteiger partial charge is 0.474 e. The van der Waals surface area contributed by atoms with Crippen molar-refractivity contribution >= 4 is 11.9 Å². The molecule has 1 amide bonds. The van der Waals surface area contributed by atoms with Crippen LogP contribution in [-0.2, 0) is 48.1 Å². The van der Waals surface area contributed by atoms with Gasteiger partial charge in [0, 0.05) is 13.1 Å². The predicted molar refractivity (Wildman–Crippen MR) is 128 cm³/mol. The number of carboxylic acids is 1. The summed E-state index contributed by atoms with van der Waals surface area (Å²) in [6, 6.07) is 20.5. The van der Waals surface area contributed by atoms with Crippen molar-refractivity contribution in [1.82, 2.24) is 4.90 Å². The number of nitrogens with zero attached hydrogens (tertiary/aromatic N) is 1. The number of benzene rings is 3. The molecule has 3 rings (SSSR count). The van der Waals surface area contributed by atoms with Gasteiger partial charge in [0.05, 0.1) is 5.56 Å². The molecule has 1 N–H and O–H groups in total. The molecule has 0 saturated carbocycles. The molecule has 0 aliphatic rings. The number of amides is 1. The summed E-state index contributed by atoms with van der Waals surface area (Å²) in [7, 11) is 0. The highest BCUT2D eigenvalue weighted by Gasteiger charge is 2.30. The van der Waals surface area contributed by atoms with Gasteiger partial charge in [-0.25, -0.2) is 4.79 Å². The first-order valence-electron chi connectivity index (χ1n) is 11.5. The number of carbonyl (C=O) groups is 2. The zero-order valence-corrected chi connectivity index (χ0v) is 19.5. The molecule has 0 saturated heterocycles. The second-order valence-electron chi connectivity index (χ2n) is 8.54. The molecular weight excluding hydrogens is 455 g/mol. The molecule has 0 radical (unpaired) electrons. The minimum atomic E-state index is -4.46. The number of rotatable bonds is 9. The Hall–Kier alpha value is -3.61. The quantitative estimate of drug-likeness (QED) is 0.377. The van der Waals surface area contributed by atoms with E-state index in [-0.39, 0.29) is 13.1 Å². The van der Waals surface area contributed by atoms with E-state index in [4.69, 9.17) is 0 Å². The second kappa shape index (κ2) is 11.7. The number of aliphatic carboxylic acids is 1. The number of carbonyl (C=O) groups excluding carboxylic acids is 1. The van der Waals surface area contributed by atoms with Crippen molar-refractivity contribution in [3.63, 3.8) is 0 Å². The van der Waals surface area contributed by atoms with E-state index >= 15 is 0 Å². The molecule has 3 aromatic rings. The third kappa shape index (κ3) is 7.70. The van der Waals surface area contributed by atoms with Crippen molar-refractivity contribution in [3.05, 3.63) is 106 Å². The molecule has 0 atom stereocenters. The normalized spacial score (nSPS) is 11.3. The number of carboxylic acid groups (broad SMARTS) is 1. The number of aryl methyl sites for hydroxylation is 3. The van der Waals surface area contributed by atoms with E-state index < -0.39 is 23.6 Å².